The molecule has 1 N–H and O–H groups in total. The Kier molecular flexibility index (Phi) is 12.8. The van der Waals surface area contributed by atoms with Gasteiger partial charge in [0.1, 0.15) is 0 Å². The minimum atomic E-state index is 0. The zero-order valence-electron chi connectivity index (χ0n) is 22.6. The first-order valence-electron chi connectivity index (χ1n) is 12.1. The summed E-state index contributed by atoms with van der Waals surface area (Å²) >= 11 is 0. The number of fused-ring (bicyclic) bond motifs is 1. The van der Waals surface area contributed by atoms with Gasteiger partial charge in [-0.05, 0) is 24.0 Å². The van der Waals surface area contributed by atoms with Crippen molar-refractivity contribution in [2.75, 3.05) is 0 Å². The zero-order chi connectivity index (χ0) is 25.7. The Hall–Kier alpha value is -2.75. The van der Waals surface area contributed by atoms with Crippen LogP contribution in [0.4, 0.5) is 0 Å². The van der Waals surface area contributed by atoms with E-state index in [4.69, 9.17) is 0 Å². The summed E-state index contributed by atoms with van der Waals surface area (Å²) in [6, 6.07) is 42.4. The number of hydrogen-bond donors (Lipinski definition) is 1. The second-order valence-electron chi connectivity index (χ2n) is 9.56. The molecule has 197 valence electrons. The molecular formula is C33H26BIrN4Y-4. The Bertz CT molecular complexity index is 1580. The van der Waals surface area contributed by atoms with Crippen LogP contribution >= 0.6 is 0 Å². The Morgan fingerprint density at radius 1 is 0.700 bits per heavy atom. The maximum absolute atomic E-state index is 4.59. The monoisotopic (exact) mass is 771 g/mol. The predicted octanol–water partition coefficient (Wildman–Crippen LogP) is 7.15. The number of aromatic nitrogens is 4. The molecule has 5 radical (unpaired) electrons. The molecule has 0 aliphatic heterocycles. The summed E-state index contributed by atoms with van der Waals surface area (Å²) in [5.41, 5.74) is 6.85. The normalized spacial score (nSPS) is 10.3. The van der Waals surface area contributed by atoms with Gasteiger partial charge in [0.15, 0.2) is 0 Å². The number of benzene rings is 4. The second kappa shape index (κ2) is 15.3. The van der Waals surface area contributed by atoms with Gasteiger partial charge in [-0.3, -0.25) is 33.2 Å². The van der Waals surface area contributed by atoms with Crippen LogP contribution in [-0.4, -0.2) is 28.3 Å². The van der Waals surface area contributed by atoms with Gasteiger partial charge in [-0.2, -0.15) is 5.56 Å². The summed E-state index contributed by atoms with van der Waals surface area (Å²) in [5, 5.41) is 0. The second-order valence-corrected chi connectivity index (χ2v) is 9.56. The van der Waals surface area contributed by atoms with Crippen molar-refractivity contribution in [1.29, 1.82) is 0 Å². The summed E-state index contributed by atoms with van der Waals surface area (Å²) in [7, 11) is 0. The van der Waals surface area contributed by atoms with E-state index < -0.39 is 0 Å². The van der Waals surface area contributed by atoms with Crippen LogP contribution in [-0.2, 0) is 58.2 Å². The van der Waals surface area contributed by atoms with E-state index in [1.165, 1.54) is 0 Å². The van der Waals surface area contributed by atoms with Gasteiger partial charge in [-0.25, -0.2) is 6.07 Å². The maximum atomic E-state index is 4.59. The molecule has 40 heavy (non-hydrogen) atoms. The van der Waals surface area contributed by atoms with E-state index >= 15 is 0 Å². The van der Waals surface area contributed by atoms with Crippen LogP contribution in [0.3, 0.4) is 0 Å². The minimum absolute atomic E-state index is 0. The van der Waals surface area contributed by atoms with Crippen molar-refractivity contribution in [3.63, 3.8) is 0 Å². The summed E-state index contributed by atoms with van der Waals surface area (Å²) in [6.45, 7) is 6.44. The molecule has 6 rings (SSSR count). The van der Waals surface area contributed by atoms with Crippen molar-refractivity contribution in [1.82, 2.24) is 19.9 Å². The van der Waals surface area contributed by atoms with E-state index in [1.807, 2.05) is 97.2 Å². The molecule has 0 atom stereocenters. The van der Waals surface area contributed by atoms with Crippen molar-refractivity contribution in [2.45, 2.75) is 26.2 Å². The van der Waals surface area contributed by atoms with E-state index in [0.29, 0.717) is 0 Å². The third-order valence-corrected chi connectivity index (χ3v) is 5.74. The van der Waals surface area contributed by atoms with E-state index in [1.54, 1.807) is 0 Å². The van der Waals surface area contributed by atoms with Crippen molar-refractivity contribution in [3.05, 3.63) is 127 Å². The molecule has 0 unspecified atom stereocenters. The number of para-hydroxylation sites is 2. The van der Waals surface area contributed by atoms with Crippen LogP contribution in [0, 0.1) is 24.3 Å². The molecule has 0 saturated carbocycles. The van der Waals surface area contributed by atoms with Crippen LogP contribution in [0.15, 0.2) is 97.2 Å². The first-order chi connectivity index (χ1) is 18.0. The van der Waals surface area contributed by atoms with Gasteiger partial charge < -0.3 is 16.0 Å². The molecule has 4 aromatic carbocycles. The smallest absolute Gasteiger partial charge is 0.0751 e. The number of aromatic amines is 1. The number of imidazole rings is 1. The van der Waals surface area contributed by atoms with Gasteiger partial charge in [0.2, 0.25) is 0 Å². The van der Waals surface area contributed by atoms with Gasteiger partial charge in [-0.1, -0.05) is 32.9 Å². The van der Waals surface area contributed by atoms with Gasteiger partial charge >= 0.3 is 0 Å². The number of nitrogens with one attached hydrogen (secondary N) is 1. The number of rotatable bonds is 3. The standard InChI is InChI=1S/C19H11N2.C14H15N2.B.Ir.Y/c1-2-7-14(8-3-1)15-9-6-10-16(13-15)19-20-17-11-4-5-12-18(17)21-19;1-14(2,3)12-9-10-15-13(16-12)11-7-5-4-6-8-11;;;/h1-7,9,11-12H,(H,20,21);4-7,9-10H,1-3H3;;;/q-3;-1;;;. The van der Waals surface area contributed by atoms with Crippen molar-refractivity contribution < 1.29 is 52.8 Å². The Balaban J connectivity index is 0.000000269. The zero-order valence-corrected chi connectivity index (χ0v) is 27.8. The van der Waals surface area contributed by atoms with E-state index in [2.05, 4.69) is 65.0 Å². The molecule has 2 aromatic heterocycles. The fraction of sp³-hybridized carbons (Fsp3) is 0.121. The Morgan fingerprint density at radius 3 is 2.02 bits per heavy atom. The molecule has 0 aliphatic rings. The van der Waals surface area contributed by atoms with Crippen LogP contribution in [0.2, 0.25) is 0 Å². The van der Waals surface area contributed by atoms with Crippen LogP contribution in [0.25, 0.3) is 44.9 Å². The number of nitrogens with zero attached hydrogens (tertiary/aromatic N) is 3. The molecule has 0 spiro atoms. The van der Waals surface area contributed by atoms with Crippen LogP contribution in [0.5, 0.6) is 0 Å². The van der Waals surface area contributed by atoms with E-state index in [0.717, 1.165) is 50.6 Å². The Labute approximate surface area is 277 Å². The molecular weight excluding hydrogens is 744 g/mol. The SMILES string of the molecule is CC(C)(C)c1ccnc(-c2[c-]cccc2)n1.[B].[Ir].[Y].[c-]1ccc(-c2[c-]cccc2)[c-]c1-c1nc2ccccc2[nH]1. The average Bonchev–Trinajstić information content (AvgIpc) is 3.39. The van der Waals surface area contributed by atoms with Gasteiger partial charge in [0.25, 0.3) is 0 Å². The van der Waals surface area contributed by atoms with Crippen LogP contribution in [0.1, 0.15) is 26.5 Å². The molecule has 2 heterocycles. The summed E-state index contributed by atoms with van der Waals surface area (Å²) in [5.74, 6) is 1.53. The number of H-pyrrole nitrogens is 1. The van der Waals surface area contributed by atoms with E-state index in [-0.39, 0.29) is 66.6 Å². The minimum Gasteiger partial charge on any atom is -0.417 e. The van der Waals surface area contributed by atoms with Crippen molar-refractivity contribution in [3.8, 4) is 33.9 Å². The van der Waals surface area contributed by atoms with E-state index in [9.17, 15) is 0 Å². The molecule has 0 amide bonds. The number of hydrogen-bond acceptors (Lipinski definition) is 3. The molecule has 0 fully saturated rings. The van der Waals surface area contributed by atoms with Gasteiger partial charge in [0.05, 0.1) is 11.3 Å². The Morgan fingerprint density at radius 2 is 1.38 bits per heavy atom. The largest absolute Gasteiger partial charge is 0.417 e. The summed E-state index contributed by atoms with van der Waals surface area (Å²) < 4.78 is 0. The molecule has 0 saturated heterocycles. The fourth-order valence-corrected chi connectivity index (χ4v) is 3.78. The first kappa shape index (κ1) is 33.5. The van der Waals surface area contributed by atoms with Crippen molar-refractivity contribution in [2.24, 2.45) is 0 Å². The molecule has 4 nitrogen and oxygen atoms in total. The first-order valence-corrected chi connectivity index (χ1v) is 12.1. The third-order valence-electron chi connectivity index (χ3n) is 5.74. The topological polar surface area (TPSA) is 54.5 Å². The fourth-order valence-electron chi connectivity index (χ4n) is 3.78. The summed E-state index contributed by atoms with van der Waals surface area (Å²) in [6.07, 6.45) is 1.81. The molecule has 0 aliphatic carbocycles. The van der Waals surface area contributed by atoms with Gasteiger partial charge in [-0.15, -0.1) is 66.2 Å². The quantitative estimate of drug-likeness (QED) is 0.154. The average molecular weight is 771 g/mol. The summed E-state index contributed by atoms with van der Waals surface area (Å²) in [4.78, 5) is 16.7. The molecule has 0 bridgehead atoms. The maximum Gasteiger partial charge on any atom is 0.0751 e. The molecule has 6 aromatic rings. The molecule has 7 heteroatoms. The van der Waals surface area contributed by atoms with Crippen molar-refractivity contribution >= 4 is 19.4 Å². The van der Waals surface area contributed by atoms with Gasteiger partial charge in [0, 0.05) is 84.1 Å². The predicted molar refractivity (Wildman–Crippen MR) is 154 cm³/mol. The van der Waals surface area contributed by atoms with Crippen LogP contribution < -0.4 is 0 Å². The third kappa shape index (κ3) is 8.38.